The van der Waals surface area contributed by atoms with Crippen LogP contribution >= 0.6 is 0 Å². The first kappa shape index (κ1) is 14.0. The van der Waals surface area contributed by atoms with E-state index in [0.29, 0.717) is 12.6 Å². The first-order valence-corrected chi connectivity index (χ1v) is 7.02. The Hall–Kier alpha value is -1.39. The lowest BCUT2D eigenvalue weighted by molar-refractivity contribution is -0.118. The number of anilines is 1. The van der Waals surface area contributed by atoms with E-state index in [9.17, 15) is 4.79 Å². The van der Waals surface area contributed by atoms with Crippen molar-refractivity contribution in [2.45, 2.75) is 26.3 Å². The van der Waals surface area contributed by atoms with E-state index in [1.807, 2.05) is 18.2 Å². The second kappa shape index (κ2) is 6.68. The molecule has 1 aromatic rings. The van der Waals surface area contributed by atoms with Gasteiger partial charge in [-0.1, -0.05) is 19.1 Å². The summed E-state index contributed by atoms with van der Waals surface area (Å²) in [5, 5.41) is 6.31. The molecular weight excluding hydrogens is 238 g/mol. The number of piperazine rings is 1. The predicted octanol–water partition coefficient (Wildman–Crippen LogP) is 1.48. The van der Waals surface area contributed by atoms with Gasteiger partial charge in [-0.2, -0.15) is 0 Å². The number of carbonyl (C=O) groups excluding carboxylic acids is 1. The molecule has 0 bridgehead atoms. The number of nitrogens with zero attached hydrogens (tertiary/aromatic N) is 1. The number of benzene rings is 1. The summed E-state index contributed by atoms with van der Waals surface area (Å²) < 4.78 is 0. The molecule has 1 atom stereocenters. The lowest BCUT2D eigenvalue weighted by Gasteiger charge is -2.33. The molecule has 1 aliphatic heterocycles. The van der Waals surface area contributed by atoms with Crippen LogP contribution in [-0.4, -0.2) is 43.0 Å². The minimum atomic E-state index is 0.0713. The van der Waals surface area contributed by atoms with Crippen molar-refractivity contribution >= 4 is 11.6 Å². The van der Waals surface area contributed by atoms with Crippen molar-refractivity contribution in [1.82, 2.24) is 10.2 Å². The highest BCUT2D eigenvalue weighted by molar-refractivity contribution is 5.92. The van der Waals surface area contributed by atoms with Crippen LogP contribution in [-0.2, 0) is 11.2 Å². The fourth-order valence-electron chi connectivity index (χ4n) is 2.37. The largest absolute Gasteiger partial charge is 0.325 e. The van der Waals surface area contributed by atoms with Gasteiger partial charge in [-0.15, -0.1) is 0 Å². The van der Waals surface area contributed by atoms with Crippen molar-refractivity contribution in [3.8, 4) is 0 Å². The third-order valence-corrected chi connectivity index (χ3v) is 3.60. The van der Waals surface area contributed by atoms with Crippen LogP contribution in [0.25, 0.3) is 0 Å². The topological polar surface area (TPSA) is 44.4 Å². The molecule has 1 aromatic carbocycles. The molecule has 1 aliphatic rings. The minimum Gasteiger partial charge on any atom is -0.325 e. The fourth-order valence-corrected chi connectivity index (χ4v) is 2.37. The summed E-state index contributed by atoms with van der Waals surface area (Å²) >= 11 is 0. The van der Waals surface area contributed by atoms with Crippen LogP contribution < -0.4 is 10.6 Å². The predicted molar refractivity (Wildman–Crippen MR) is 78.4 cm³/mol. The van der Waals surface area contributed by atoms with Crippen molar-refractivity contribution < 1.29 is 4.79 Å². The van der Waals surface area contributed by atoms with Crippen molar-refractivity contribution in [3.05, 3.63) is 29.8 Å². The Kier molecular flexibility index (Phi) is 4.93. The highest BCUT2D eigenvalue weighted by atomic mass is 16.2. The van der Waals surface area contributed by atoms with Crippen LogP contribution in [0.5, 0.6) is 0 Å². The van der Waals surface area contributed by atoms with Crippen molar-refractivity contribution in [1.29, 1.82) is 0 Å². The van der Waals surface area contributed by atoms with Gasteiger partial charge in [0.2, 0.25) is 5.91 Å². The number of hydrogen-bond acceptors (Lipinski definition) is 3. The molecule has 104 valence electrons. The van der Waals surface area contributed by atoms with Gasteiger partial charge in [0.15, 0.2) is 0 Å². The van der Waals surface area contributed by atoms with Gasteiger partial charge in [0, 0.05) is 31.4 Å². The highest BCUT2D eigenvalue weighted by Gasteiger charge is 2.20. The summed E-state index contributed by atoms with van der Waals surface area (Å²) in [7, 11) is 0. The summed E-state index contributed by atoms with van der Waals surface area (Å²) in [6.45, 7) is 7.59. The molecule has 19 heavy (non-hydrogen) atoms. The molecule has 1 fully saturated rings. The molecule has 0 spiro atoms. The maximum Gasteiger partial charge on any atom is 0.238 e. The number of aryl methyl sites for hydroxylation is 1. The van der Waals surface area contributed by atoms with E-state index in [1.165, 1.54) is 5.56 Å². The van der Waals surface area contributed by atoms with E-state index in [4.69, 9.17) is 0 Å². The first-order valence-electron chi connectivity index (χ1n) is 7.02. The molecule has 2 rings (SSSR count). The van der Waals surface area contributed by atoms with Crippen LogP contribution in [0.4, 0.5) is 5.69 Å². The van der Waals surface area contributed by atoms with E-state index in [1.54, 1.807) is 0 Å². The average molecular weight is 261 g/mol. The summed E-state index contributed by atoms with van der Waals surface area (Å²) in [6, 6.07) is 8.47. The van der Waals surface area contributed by atoms with Gasteiger partial charge >= 0.3 is 0 Å². The van der Waals surface area contributed by atoms with E-state index in [-0.39, 0.29) is 5.91 Å². The molecule has 0 saturated carbocycles. The molecule has 0 radical (unpaired) electrons. The Bertz CT molecular complexity index is 433. The van der Waals surface area contributed by atoms with E-state index < -0.39 is 0 Å². The van der Waals surface area contributed by atoms with Gasteiger partial charge in [-0.25, -0.2) is 0 Å². The van der Waals surface area contributed by atoms with Gasteiger partial charge in [0.1, 0.15) is 0 Å². The summed E-state index contributed by atoms with van der Waals surface area (Å²) in [5.74, 6) is 0.0713. The molecule has 2 N–H and O–H groups in total. The van der Waals surface area contributed by atoms with Gasteiger partial charge < -0.3 is 10.6 Å². The van der Waals surface area contributed by atoms with Crippen molar-refractivity contribution in [2.75, 3.05) is 31.5 Å². The molecular formula is C15H23N3O. The van der Waals surface area contributed by atoms with E-state index >= 15 is 0 Å². The Morgan fingerprint density at radius 3 is 3.11 bits per heavy atom. The Morgan fingerprint density at radius 1 is 1.53 bits per heavy atom. The van der Waals surface area contributed by atoms with Crippen LogP contribution in [0, 0.1) is 0 Å². The van der Waals surface area contributed by atoms with Gasteiger partial charge in [0.25, 0.3) is 0 Å². The average Bonchev–Trinajstić information content (AvgIpc) is 2.41. The van der Waals surface area contributed by atoms with E-state index in [2.05, 4.69) is 35.4 Å². The Morgan fingerprint density at radius 2 is 2.37 bits per heavy atom. The van der Waals surface area contributed by atoms with Gasteiger partial charge in [0.05, 0.1) is 6.54 Å². The fraction of sp³-hybridized carbons (Fsp3) is 0.533. The lowest BCUT2D eigenvalue weighted by atomic mass is 10.1. The van der Waals surface area contributed by atoms with Crippen LogP contribution in [0.1, 0.15) is 19.4 Å². The van der Waals surface area contributed by atoms with Crippen LogP contribution in [0.2, 0.25) is 0 Å². The van der Waals surface area contributed by atoms with Gasteiger partial charge in [-0.3, -0.25) is 9.69 Å². The number of hydrogen-bond donors (Lipinski definition) is 2. The summed E-state index contributed by atoms with van der Waals surface area (Å²) in [4.78, 5) is 14.3. The molecule has 0 unspecified atom stereocenters. The van der Waals surface area contributed by atoms with Gasteiger partial charge in [-0.05, 0) is 31.0 Å². The second-order valence-corrected chi connectivity index (χ2v) is 5.13. The smallest absolute Gasteiger partial charge is 0.238 e. The van der Waals surface area contributed by atoms with Crippen molar-refractivity contribution in [2.24, 2.45) is 0 Å². The Balaban J connectivity index is 1.89. The molecule has 4 heteroatoms. The SMILES string of the molecule is CCc1cccc(NC(=O)CN2CCNC[C@H]2C)c1. The quantitative estimate of drug-likeness (QED) is 0.863. The van der Waals surface area contributed by atoms with Crippen molar-refractivity contribution in [3.63, 3.8) is 0 Å². The molecule has 4 nitrogen and oxygen atoms in total. The first-order chi connectivity index (χ1) is 9.19. The number of nitrogens with one attached hydrogen (secondary N) is 2. The number of rotatable bonds is 4. The monoisotopic (exact) mass is 261 g/mol. The molecule has 0 aromatic heterocycles. The number of amides is 1. The molecule has 1 heterocycles. The molecule has 0 aliphatic carbocycles. The third kappa shape index (κ3) is 4.04. The van der Waals surface area contributed by atoms with Crippen LogP contribution in [0.3, 0.4) is 0 Å². The zero-order valence-corrected chi connectivity index (χ0v) is 11.8. The Labute approximate surface area is 115 Å². The number of carbonyl (C=O) groups is 1. The second-order valence-electron chi connectivity index (χ2n) is 5.13. The summed E-state index contributed by atoms with van der Waals surface area (Å²) in [5.41, 5.74) is 2.14. The summed E-state index contributed by atoms with van der Waals surface area (Å²) in [6.07, 6.45) is 0.985. The normalized spacial score (nSPS) is 20.2. The van der Waals surface area contributed by atoms with E-state index in [0.717, 1.165) is 31.7 Å². The molecule has 1 saturated heterocycles. The minimum absolute atomic E-state index is 0.0713. The standard InChI is InChI=1S/C15H23N3O/c1-3-13-5-4-6-14(9-13)17-15(19)11-18-8-7-16-10-12(18)2/h4-6,9,12,16H,3,7-8,10-11H2,1-2H3,(H,17,19)/t12-/m1/s1. The maximum atomic E-state index is 12.1. The maximum absolute atomic E-state index is 12.1. The highest BCUT2D eigenvalue weighted by Crippen LogP contribution is 2.11. The lowest BCUT2D eigenvalue weighted by Crippen LogP contribution is -2.51. The third-order valence-electron chi connectivity index (χ3n) is 3.60. The van der Waals surface area contributed by atoms with Crippen LogP contribution in [0.15, 0.2) is 24.3 Å². The zero-order valence-electron chi connectivity index (χ0n) is 11.8. The molecule has 1 amide bonds. The zero-order chi connectivity index (χ0) is 13.7.